The Kier molecular flexibility index (Phi) is 11.3. The molecule has 17 heavy (non-hydrogen) atoms. The van der Waals surface area contributed by atoms with Crippen LogP contribution in [-0.4, -0.2) is 42.5 Å². The van der Waals surface area contributed by atoms with Gasteiger partial charge in [-0.1, -0.05) is 6.42 Å². The topological polar surface area (TPSA) is 58.4 Å². The van der Waals surface area contributed by atoms with E-state index in [2.05, 4.69) is 17.1 Å². The Morgan fingerprint density at radius 3 is 2.65 bits per heavy atom. The number of piperidine rings is 1. The highest BCUT2D eigenvalue weighted by Crippen LogP contribution is 2.15. The standard InChI is InChI=1S/C11H23N3O.2ClH/c1-9-5-3-4-7-14(9)8-6-13-11(15)10(2)12;;/h9-10H,3-8,12H2,1-2H3,(H,13,15);2*1H/t9?,10-;;/m0../s1. The first-order valence-electron chi connectivity index (χ1n) is 5.88. The number of nitrogens with zero attached hydrogens (tertiary/aromatic N) is 1. The summed E-state index contributed by atoms with van der Waals surface area (Å²) in [6, 6.07) is 0.259. The number of carbonyl (C=O) groups excluding carboxylic acids is 1. The third kappa shape index (κ3) is 7.09. The molecule has 1 saturated heterocycles. The predicted octanol–water partition coefficient (Wildman–Crippen LogP) is 1.17. The molecule has 0 aliphatic carbocycles. The zero-order valence-corrected chi connectivity index (χ0v) is 12.3. The summed E-state index contributed by atoms with van der Waals surface area (Å²) in [5.74, 6) is -0.0559. The van der Waals surface area contributed by atoms with Gasteiger partial charge in [0.1, 0.15) is 0 Å². The van der Waals surface area contributed by atoms with E-state index < -0.39 is 6.04 Å². The average Bonchev–Trinajstić information content (AvgIpc) is 2.20. The van der Waals surface area contributed by atoms with Crippen molar-refractivity contribution in [3.05, 3.63) is 0 Å². The smallest absolute Gasteiger partial charge is 0.236 e. The number of likely N-dealkylation sites (tertiary alicyclic amines) is 1. The third-order valence-corrected chi connectivity index (χ3v) is 3.05. The van der Waals surface area contributed by atoms with E-state index in [-0.39, 0.29) is 30.7 Å². The van der Waals surface area contributed by atoms with Gasteiger partial charge in [-0.15, -0.1) is 24.8 Å². The van der Waals surface area contributed by atoms with Gasteiger partial charge in [-0.05, 0) is 33.2 Å². The van der Waals surface area contributed by atoms with Crippen LogP contribution in [0.25, 0.3) is 0 Å². The van der Waals surface area contributed by atoms with Crippen LogP contribution in [0.2, 0.25) is 0 Å². The molecule has 0 spiro atoms. The van der Waals surface area contributed by atoms with E-state index in [1.807, 2.05) is 0 Å². The Hall–Kier alpha value is -0.0300. The lowest BCUT2D eigenvalue weighted by Crippen LogP contribution is -2.45. The average molecular weight is 286 g/mol. The molecule has 1 fully saturated rings. The van der Waals surface area contributed by atoms with Crippen LogP contribution in [0.5, 0.6) is 0 Å². The molecule has 2 atom stereocenters. The van der Waals surface area contributed by atoms with Crippen molar-refractivity contribution in [2.75, 3.05) is 19.6 Å². The Labute approximate surface area is 117 Å². The molecule has 0 radical (unpaired) electrons. The molecular formula is C11H25Cl2N3O. The summed E-state index contributed by atoms with van der Waals surface area (Å²) in [5.41, 5.74) is 5.46. The maximum atomic E-state index is 11.2. The molecule has 6 heteroatoms. The summed E-state index contributed by atoms with van der Waals surface area (Å²) in [6.45, 7) is 6.78. The van der Waals surface area contributed by atoms with Crippen LogP contribution < -0.4 is 11.1 Å². The van der Waals surface area contributed by atoms with E-state index in [1.54, 1.807) is 6.92 Å². The number of carbonyl (C=O) groups is 1. The molecule has 4 nitrogen and oxygen atoms in total. The summed E-state index contributed by atoms with van der Waals surface area (Å²) >= 11 is 0. The molecular weight excluding hydrogens is 261 g/mol. The molecule has 0 aromatic carbocycles. The number of nitrogens with two attached hydrogens (primary N) is 1. The van der Waals surface area contributed by atoms with Crippen molar-refractivity contribution in [2.45, 2.75) is 45.2 Å². The lowest BCUT2D eigenvalue weighted by molar-refractivity contribution is -0.122. The van der Waals surface area contributed by atoms with Gasteiger partial charge in [0.25, 0.3) is 0 Å². The summed E-state index contributed by atoms with van der Waals surface area (Å²) in [5, 5.41) is 2.84. The van der Waals surface area contributed by atoms with Gasteiger partial charge in [-0.25, -0.2) is 0 Å². The van der Waals surface area contributed by atoms with Crippen LogP contribution >= 0.6 is 24.8 Å². The molecule has 0 saturated carbocycles. The zero-order chi connectivity index (χ0) is 11.3. The first-order valence-corrected chi connectivity index (χ1v) is 5.88. The molecule has 104 valence electrons. The van der Waals surface area contributed by atoms with E-state index in [0.717, 1.165) is 13.1 Å². The maximum Gasteiger partial charge on any atom is 0.236 e. The molecule has 1 amide bonds. The summed E-state index contributed by atoms with van der Waals surface area (Å²) in [6.07, 6.45) is 3.90. The molecule has 1 unspecified atom stereocenters. The number of hydrogen-bond donors (Lipinski definition) is 2. The maximum absolute atomic E-state index is 11.2. The fourth-order valence-corrected chi connectivity index (χ4v) is 1.97. The summed E-state index contributed by atoms with van der Waals surface area (Å²) < 4.78 is 0. The van der Waals surface area contributed by atoms with Crippen molar-refractivity contribution >= 4 is 30.7 Å². The van der Waals surface area contributed by atoms with Gasteiger partial charge in [0, 0.05) is 19.1 Å². The number of halogens is 2. The largest absolute Gasteiger partial charge is 0.353 e. The van der Waals surface area contributed by atoms with Crippen molar-refractivity contribution in [3.8, 4) is 0 Å². The lowest BCUT2D eigenvalue weighted by atomic mass is 10.0. The van der Waals surface area contributed by atoms with E-state index in [9.17, 15) is 4.79 Å². The minimum absolute atomic E-state index is 0. The van der Waals surface area contributed by atoms with Gasteiger partial charge < -0.3 is 11.1 Å². The SMILES string of the molecule is CC1CCCCN1CCNC(=O)[C@H](C)N.Cl.Cl. The van der Waals surface area contributed by atoms with Crippen molar-refractivity contribution in [2.24, 2.45) is 5.73 Å². The van der Waals surface area contributed by atoms with Crippen LogP contribution in [-0.2, 0) is 4.79 Å². The van der Waals surface area contributed by atoms with Crippen molar-refractivity contribution in [3.63, 3.8) is 0 Å². The quantitative estimate of drug-likeness (QED) is 0.815. The highest BCUT2D eigenvalue weighted by Gasteiger charge is 2.17. The Bertz CT molecular complexity index is 215. The van der Waals surface area contributed by atoms with Gasteiger partial charge in [-0.3, -0.25) is 9.69 Å². The van der Waals surface area contributed by atoms with Crippen molar-refractivity contribution in [1.82, 2.24) is 10.2 Å². The first-order chi connectivity index (χ1) is 7.11. The van der Waals surface area contributed by atoms with E-state index >= 15 is 0 Å². The highest BCUT2D eigenvalue weighted by molar-refractivity contribution is 5.85. The third-order valence-electron chi connectivity index (χ3n) is 3.05. The van der Waals surface area contributed by atoms with E-state index in [1.165, 1.54) is 19.3 Å². The number of amides is 1. The first kappa shape index (κ1) is 19.3. The van der Waals surface area contributed by atoms with Crippen molar-refractivity contribution < 1.29 is 4.79 Å². The van der Waals surface area contributed by atoms with Gasteiger partial charge in [0.05, 0.1) is 6.04 Å². The molecule has 1 aliphatic rings. The molecule has 0 bridgehead atoms. The number of rotatable bonds is 4. The van der Waals surface area contributed by atoms with Crippen LogP contribution in [0.4, 0.5) is 0 Å². The minimum Gasteiger partial charge on any atom is -0.353 e. The van der Waals surface area contributed by atoms with Gasteiger partial charge in [-0.2, -0.15) is 0 Å². The molecule has 1 rings (SSSR count). The van der Waals surface area contributed by atoms with Crippen molar-refractivity contribution in [1.29, 1.82) is 0 Å². The second-order valence-corrected chi connectivity index (χ2v) is 4.46. The zero-order valence-electron chi connectivity index (χ0n) is 10.6. The molecule has 0 aromatic heterocycles. The van der Waals surface area contributed by atoms with Crippen LogP contribution in [0.15, 0.2) is 0 Å². The Morgan fingerprint density at radius 2 is 2.12 bits per heavy atom. The van der Waals surface area contributed by atoms with Crippen LogP contribution in [0, 0.1) is 0 Å². The second kappa shape index (κ2) is 9.95. The fourth-order valence-electron chi connectivity index (χ4n) is 1.97. The fraction of sp³-hybridized carbons (Fsp3) is 0.909. The van der Waals surface area contributed by atoms with E-state index in [4.69, 9.17) is 5.73 Å². The predicted molar refractivity (Wildman–Crippen MR) is 76.0 cm³/mol. The van der Waals surface area contributed by atoms with Gasteiger partial charge >= 0.3 is 0 Å². The normalized spacial score (nSPS) is 21.9. The second-order valence-electron chi connectivity index (χ2n) is 4.46. The van der Waals surface area contributed by atoms with Crippen LogP contribution in [0.3, 0.4) is 0 Å². The van der Waals surface area contributed by atoms with Gasteiger partial charge in [0.2, 0.25) is 5.91 Å². The van der Waals surface area contributed by atoms with Gasteiger partial charge in [0.15, 0.2) is 0 Å². The molecule has 3 N–H and O–H groups in total. The monoisotopic (exact) mass is 285 g/mol. The number of nitrogens with one attached hydrogen (secondary N) is 1. The molecule has 0 aromatic rings. The Balaban J connectivity index is 0. The Morgan fingerprint density at radius 1 is 1.47 bits per heavy atom. The van der Waals surface area contributed by atoms with Crippen LogP contribution in [0.1, 0.15) is 33.1 Å². The molecule has 1 aliphatic heterocycles. The highest BCUT2D eigenvalue weighted by atomic mass is 35.5. The van der Waals surface area contributed by atoms with E-state index in [0.29, 0.717) is 12.6 Å². The minimum atomic E-state index is -0.399. The summed E-state index contributed by atoms with van der Waals surface area (Å²) in [7, 11) is 0. The number of hydrogen-bond acceptors (Lipinski definition) is 3. The molecule has 1 heterocycles. The summed E-state index contributed by atoms with van der Waals surface area (Å²) in [4.78, 5) is 13.6. The lowest BCUT2D eigenvalue weighted by Gasteiger charge is -2.33.